The van der Waals surface area contributed by atoms with Crippen LogP contribution in [0, 0.1) is 0 Å². The Bertz CT molecular complexity index is 521. The van der Waals surface area contributed by atoms with Crippen molar-refractivity contribution in [2.24, 2.45) is 5.73 Å². The largest absolute Gasteiger partial charge is 0.373 e. The van der Waals surface area contributed by atoms with Crippen molar-refractivity contribution in [2.45, 2.75) is 39.0 Å². The molecule has 1 aromatic rings. The monoisotopic (exact) mass is 311 g/mol. The zero-order valence-corrected chi connectivity index (χ0v) is 13.3. The van der Waals surface area contributed by atoms with E-state index in [4.69, 9.17) is 10.5 Å². The molecule has 0 radical (unpaired) electrons. The third-order valence-corrected chi connectivity index (χ3v) is 4.37. The molecule has 116 valence electrons. The second kappa shape index (κ2) is 6.55. The maximum atomic E-state index is 12.4. The van der Waals surface area contributed by atoms with Gasteiger partial charge in [0.25, 0.3) is 5.91 Å². The average Bonchev–Trinajstić information content (AvgIpc) is 2.84. The van der Waals surface area contributed by atoms with Crippen LogP contribution in [0.25, 0.3) is 0 Å². The fraction of sp³-hybridized carbons (Fsp3) is 0.571. The van der Waals surface area contributed by atoms with Crippen molar-refractivity contribution in [3.63, 3.8) is 0 Å². The SMILES string of the molecule is C[C@@H]1CN([C@H](C)C(=O)Nc2sccc2C(N)=O)C[C@H](C)O1. The normalized spacial score (nSPS) is 24.5. The van der Waals surface area contributed by atoms with E-state index in [2.05, 4.69) is 10.2 Å². The van der Waals surface area contributed by atoms with Gasteiger partial charge in [-0.2, -0.15) is 0 Å². The summed E-state index contributed by atoms with van der Waals surface area (Å²) >= 11 is 1.30. The van der Waals surface area contributed by atoms with Crippen molar-refractivity contribution in [3.8, 4) is 0 Å². The second-order valence-corrected chi connectivity index (χ2v) is 6.32. The predicted molar refractivity (Wildman–Crippen MR) is 82.5 cm³/mol. The first-order chi connectivity index (χ1) is 9.88. The molecule has 2 amide bonds. The van der Waals surface area contributed by atoms with E-state index in [0.29, 0.717) is 23.7 Å². The molecule has 0 unspecified atom stereocenters. The molecule has 6 nitrogen and oxygen atoms in total. The number of amides is 2. The highest BCUT2D eigenvalue weighted by Crippen LogP contribution is 2.23. The number of hydrogen-bond donors (Lipinski definition) is 2. The number of hydrogen-bond acceptors (Lipinski definition) is 5. The van der Waals surface area contributed by atoms with Crippen molar-refractivity contribution in [3.05, 3.63) is 17.0 Å². The molecule has 3 atom stereocenters. The number of ether oxygens (including phenoxy) is 1. The Morgan fingerprint density at radius 3 is 2.62 bits per heavy atom. The molecule has 7 heteroatoms. The van der Waals surface area contributed by atoms with Crippen molar-refractivity contribution in [2.75, 3.05) is 18.4 Å². The Balaban J connectivity index is 2.02. The van der Waals surface area contributed by atoms with E-state index in [1.165, 1.54) is 11.3 Å². The number of nitrogens with zero attached hydrogens (tertiary/aromatic N) is 1. The Kier molecular flexibility index (Phi) is 4.97. The quantitative estimate of drug-likeness (QED) is 0.877. The first kappa shape index (κ1) is 15.9. The predicted octanol–water partition coefficient (Wildman–Crippen LogP) is 1.28. The lowest BCUT2D eigenvalue weighted by Crippen LogP contribution is -2.52. The van der Waals surface area contributed by atoms with Gasteiger partial charge >= 0.3 is 0 Å². The molecule has 2 heterocycles. The fourth-order valence-electron chi connectivity index (χ4n) is 2.52. The number of primary amides is 1. The first-order valence-corrected chi connectivity index (χ1v) is 7.84. The number of carbonyl (C=O) groups is 2. The minimum atomic E-state index is -0.534. The van der Waals surface area contributed by atoms with Gasteiger partial charge in [-0.15, -0.1) is 11.3 Å². The number of morpholine rings is 1. The summed E-state index contributed by atoms with van der Waals surface area (Å²) in [6.07, 6.45) is 0.207. The van der Waals surface area contributed by atoms with Gasteiger partial charge in [0.2, 0.25) is 5.91 Å². The third-order valence-electron chi connectivity index (χ3n) is 3.54. The maximum absolute atomic E-state index is 12.4. The summed E-state index contributed by atoms with van der Waals surface area (Å²) in [6.45, 7) is 7.28. The number of rotatable bonds is 4. The lowest BCUT2D eigenvalue weighted by Gasteiger charge is -2.38. The van der Waals surface area contributed by atoms with Crippen LogP contribution in [0.4, 0.5) is 5.00 Å². The molecule has 1 aliphatic heterocycles. The Morgan fingerprint density at radius 1 is 1.43 bits per heavy atom. The van der Waals surface area contributed by atoms with Gasteiger partial charge in [-0.1, -0.05) is 0 Å². The van der Waals surface area contributed by atoms with E-state index in [1.54, 1.807) is 11.4 Å². The van der Waals surface area contributed by atoms with E-state index in [0.717, 1.165) is 0 Å². The van der Waals surface area contributed by atoms with Crippen molar-refractivity contribution >= 4 is 28.2 Å². The zero-order chi connectivity index (χ0) is 15.6. The molecule has 0 aliphatic carbocycles. The number of nitrogens with one attached hydrogen (secondary N) is 1. The molecule has 1 saturated heterocycles. The summed E-state index contributed by atoms with van der Waals surface area (Å²) in [6, 6.07) is 1.33. The molecule has 1 aliphatic rings. The molecule has 1 fully saturated rings. The summed E-state index contributed by atoms with van der Waals surface area (Å²) in [5.74, 6) is -0.672. The van der Waals surface area contributed by atoms with Crippen LogP contribution >= 0.6 is 11.3 Å². The van der Waals surface area contributed by atoms with Gasteiger partial charge in [0, 0.05) is 13.1 Å². The first-order valence-electron chi connectivity index (χ1n) is 6.96. The Morgan fingerprint density at radius 2 is 2.05 bits per heavy atom. The van der Waals surface area contributed by atoms with E-state index in [1.807, 2.05) is 20.8 Å². The second-order valence-electron chi connectivity index (χ2n) is 5.40. The Labute approximate surface area is 128 Å². The van der Waals surface area contributed by atoms with Gasteiger partial charge in [-0.05, 0) is 32.2 Å². The minimum Gasteiger partial charge on any atom is -0.373 e. The summed E-state index contributed by atoms with van der Waals surface area (Å²) < 4.78 is 5.67. The highest BCUT2D eigenvalue weighted by Gasteiger charge is 2.29. The van der Waals surface area contributed by atoms with Gasteiger partial charge in [0.05, 0.1) is 23.8 Å². The lowest BCUT2D eigenvalue weighted by atomic mass is 10.1. The van der Waals surface area contributed by atoms with Gasteiger partial charge in [-0.3, -0.25) is 14.5 Å². The van der Waals surface area contributed by atoms with Gasteiger partial charge in [-0.25, -0.2) is 0 Å². The summed E-state index contributed by atoms with van der Waals surface area (Å²) in [7, 11) is 0. The molecule has 3 N–H and O–H groups in total. The van der Waals surface area contributed by atoms with Crippen molar-refractivity contribution in [1.82, 2.24) is 4.90 Å². The maximum Gasteiger partial charge on any atom is 0.251 e. The van der Waals surface area contributed by atoms with Crippen LogP contribution in [0.15, 0.2) is 11.4 Å². The van der Waals surface area contributed by atoms with Crippen molar-refractivity contribution in [1.29, 1.82) is 0 Å². The number of carbonyl (C=O) groups excluding carboxylic acids is 2. The molecule has 0 aromatic carbocycles. The number of nitrogens with two attached hydrogens (primary N) is 1. The molecule has 1 aromatic heterocycles. The van der Waals surface area contributed by atoms with Crippen LogP contribution in [0.5, 0.6) is 0 Å². The van der Waals surface area contributed by atoms with Crippen LogP contribution in [-0.2, 0) is 9.53 Å². The van der Waals surface area contributed by atoms with Crippen molar-refractivity contribution < 1.29 is 14.3 Å². The van der Waals surface area contributed by atoms with E-state index in [-0.39, 0.29) is 24.2 Å². The molecular weight excluding hydrogens is 290 g/mol. The molecule has 0 saturated carbocycles. The summed E-state index contributed by atoms with van der Waals surface area (Å²) in [5, 5.41) is 5.04. The van der Waals surface area contributed by atoms with E-state index in [9.17, 15) is 9.59 Å². The van der Waals surface area contributed by atoms with Gasteiger partial charge in [0.15, 0.2) is 0 Å². The van der Waals surface area contributed by atoms with Crippen LogP contribution < -0.4 is 11.1 Å². The van der Waals surface area contributed by atoms with Gasteiger partial charge < -0.3 is 15.8 Å². The van der Waals surface area contributed by atoms with Crippen LogP contribution in [0.2, 0.25) is 0 Å². The standard InChI is InChI=1S/C14H21N3O3S/c1-8-6-17(7-9(2)20-8)10(3)13(19)16-14-11(12(15)18)4-5-21-14/h4-5,8-10H,6-7H2,1-3H3,(H2,15,18)(H,16,19)/t8-,9+,10-/m1/s1. The van der Waals surface area contributed by atoms with Crippen LogP contribution in [-0.4, -0.2) is 48.1 Å². The molecular formula is C14H21N3O3S. The van der Waals surface area contributed by atoms with Gasteiger partial charge in [0.1, 0.15) is 5.00 Å². The van der Waals surface area contributed by atoms with Crippen LogP contribution in [0.3, 0.4) is 0 Å². The highest BCUT2D eigenvalue weighted by atomic mass is 32.1. The third kappa shape index (κ3) is 3.81. The molecule has 0 spiro atoms. The molecule has 2 rings (SSSR count). The smallest absolute Gasteiger partial charge is 0.251 e. The molecule has 0 bridgehead atoms. The summed E-state index contributed by atoms with van der Waals surface area (Å²) in [4.78, 5) is 25.7. The fourth-order valence-corrected chi connectivity index (χ4v) is 3.31. The highest BCUT2D eigenvalue weighted by molar-refractivity contribution is 7.14. The molecule has 21 heavy (non-hydrogen) atoms. The number of thiophene rings is 1. The number of anilines is 1. The van der Waals surface area contributed by atoms with Crippen LogP contribution in [0.1, 0.15) is 31.1 Å². The topological polar surface area (TPSA) is 84.7 Å². The summed E-state index contributed by atoms with van der Waals surface area (Å²) in [5.41, 5.74) is 5.63. The average molecular weight is 311 g/mol. The zero-order valence-electron chi connectivity index (χ0n) is 12.5. The van der Waals surface area contributed by atoms with E-state index < -0.39 is 5.91 Å². The minimum absolute atomic E-state index is 0.104. The Hall–Kier alpha value is -1.44. The van der Waals surface area contributed by atoms with E-state index >= 15 is 0 Å². The lowest BCUT2D eigenvalue weighted by molar-refractivity contribution is -0.126.